The molecule has 0 aliphatic carbocycles. The Morgan fingerprint density at radius 3 is 2.75 bits per heavy atom. The molecule has 2 N–H and O–H groups in total. The summed E-state index contributed by atoms with van der Waals surface area (Å²) in [6, 6.07) is 0. The molecule has 112 valence electrons. The Balaban J connectivity index is 2.07. The normalized spacial score (nSPS) is 21.2. The van der Waals surface area contributed by atoms with Crippen LogP contribution >= 0.6 is 0 Å². The van der Waals surface area contributed by atoms with Gasteiger partial charge in [0.25, 0.3) is 0 Å². The van der Waals surface area contributed by atoms with Crippen molar-refractivity contribution in [2.45, 2.75) is 38.4 Å². The molecule has 0 bridgehead atoms. The fourth-order valence-electron chi connectivity index (χ4n) is 2.53. The van der Waals surface area contributed by atoms with Crippen LogP contribution in [0.2, 0.25) is 0 Å². The quantitative estimate of drug-likeness (QED) is 0.897. The fourth-order valence-corrected chi connectivity index (χ4v) is 3.93. The highest BCUT2D eigenvalue weighted by Crippen LogP contribution is 2.24. The molecule has 2 heterocycles. The third-order valence-corrected chi connectivity index (χ3v) is 5.97. The smallest absolute Gasteiger partial charge is 0.216 e. The molecular formula is C13H22N4O2S. The Bertz CT molecular complexity index is 559. The zero-order valence-corrected chi connectivity index (χ0v) is 12.8. The van der Waals surface area contributed by atoms with Crippen molar-refractivity contribution in [3.05, 3.63) is 18.1 Å². The predicted molar refractivity (Wildman–Crippen MR) is 78.5 cm³/mol. The van der Waals surface area contributed by atoms with Crippen LogP contribution in [-0.4, -0.2) is 41.0 Å². The van der Waals surface area contributed by atoms with Crippen molar-refractivity contribution in [2.24, 2.45) is 5.92 Å². The van der Waals surface area contributed by atoms with Gasteiger partial charge in [0.05, 0.1) is 10.9 Å². The summed E-state index contributed by atoms with van der Waals surface area (Å²) in [5.74, 6) is 0.701. The van der Waals surface area contributed by atoms with E-state index in [9.17, 15) is 8.42 Å². The lowest BCUT2D eigenvalue weighted by molar-refractivity contribution is 0.263. The molecule has 1 aliphatic heterocycles. The number of nitrogen functional groups attached to an aromatic ring is 1. The summed E-state index contributed by atoms with van der Waals surface area (Å²) >= 11 is 0. The van der Waals surface area contributed by atoms with Crippen LogP contribution in [-0.2, 0) is 16.4 Å². The van der Waals surface area contributed by atoms with Crippen LogP contribution in [0.3, 0.4) is 0 Å². The molecule has 0 radical (unpaired) electrons. The molecule has 0 amide bonds. The zero-order chi connectivity index (χ0) is 14.8. The molecule has 2 rings (SSSR count). The molecule has 1 fully saturated rings. The highest BCUT2D eigenvalue weighted by molar-refractivity contribution is 7.89. The monoisotopic (exact) mass is 298 g/mol. The third kappa shape index (κ3) is 3.27. The van der Waals surface area contributed by atoms with Crippen molar-refractivity contribution in [3.63, 3.8) is 0 Å². The van der Waals surface area contributed by atoms with Crippen LogP contribution in [0, 0.1) is 5.92 Å². The van der Waals surface area contributed by atoms with E-state index in [0.29, 0.717) is 25.3 Å². The Morgan fingerprint density at radius 1 is 1.40 bits per heavy atom. The molecular weight excluding hydrogens is 276 g/mol. The van der Waals surface area contributed by atoms with Crippen LogP contribution in [0.4, 0.5) is 5.82 Å². The lowest BCUT2D eigenvalue weighted by Gasteiger charge is -2.33. The Morgan fingerprint density at radius 2 is 2.10 bits per heavy atom. The van der Waals surface area contributed by atoms with Gasteiger partial charge in [-0.2, -0.15) is 0 Å². The van der Waals surface area contributed by atoms with E-state index in [1.807, 2.05) is 0 Å². The maximum atomic E-state index is 12.2. The number of nitrogens with zero attached hydrogens (tertiary/aromatic N) is 3. The summed E-state index contributed by atoms with van der Waals surface area (Å²) in [7, 11) is -3.17. The van der Waals surface area contributed by atoms with Crippen molar-refractivity contribution in [2.75, 3.05) is 18.8 Å². The number of hydrogen-bond acceptors (Lipinski definition) is 5. The van der Waals surface area contributed by atoms with Crippen molar-refractivity contribution < 1.29 is 8.42 Å². The SMILES string of the molecule is CC(C)S(=O)(=O)N1CCC[C@H](Cc2nccnc2N)C1. The van der Waals surface area contributed by atoms with Crippen molar-refractivity contribution in [1.29, 1.82) is 0 Å². The first-order valence-electron chi connectivity index (χ1n) is 6.95. The van der Waals surface area contributed by atoms with E-state index in [4.69, 9.17) is 5.73 Å². The lowest BCUT2D eigenvalue weighted by Crippen LogP contribution is -2.43. The summed E-state index contributed by atoms with van der Waals surface area (Å²) < 4.78 is 26.1. The minimum absolute atomic E-state index is 0.260. The van der Waals surface area contributed by atoms with Crippen molar-refractivity contribution in [3.8, 4) is 0 Å². The maximum absolute atomic E-state index is 12.2. The molecule has 1 aliphatic rings. The van der Waals surface area contributed by atoms with E-state index in [1.54, 1.807) is 30.5 Å². The van der Waals surface area contributed by atoms with Gasteiger partial charge in [-0.25, -0.2) is 17.7 Å². The molecule has 6 nitrogen and oxygen atoms in total. The van der Waals surface area contributed by atoms with Gasteiger partial charge in [-0.1, -0.05) is 0 Å². The molecule has 20 heavy (non-hydrogen) atoms. The van der Waals surface area contributed by atoms with Crippen LogP contribution in [0.15, 0.2) is 12.4 Å². The second-order valence-corrected chi connectivity index (χ2v) is 8.04. The van der Waals surface area contributed by atoms with Gasteiger partial charge in [-0.05, 0) is 39.0 Å². The highest BCUT2D eigenvalue weighted by Gasteiger charge is 2.31. The summed E-state index contributed by atoms with van der Waals surface area (Å²) in [5.41, 5.74) is 6.57. The van der Waals surface area contributed by atoms with E-state index >= 15 is 0 Å². The molecule has 1 aromatic heterocycles. The number of piperidine rings is 1. The van der Waals surface area contributed by atoms with Crippen LogP contribution in [0.1, 0.15) is 32.4 Å². The standard InChI is InChI=1S/C13H22N4O2S/c1-10(2)20(18,19)17-7-3-4-11(9-17)8-12-13(14)16-6-5-15-12/h5-6,10-11H,3-4,7-9H2,1-2H3,(H2,14,16)/t11-/m1/s1. The number of rotatable bonds is 4. The predicted octanol–water partition coefficient (Wildman–Crippen LogP) is 1.05. The van der Waals surface area contributed by atoms with E-state index in [1.165, 1.54) is 0 Å². The third-order valence-electron chi connectivity index (χ3n) is 3.73. The Kier molecular flexibility index (Phi) is 4.59. The van der Waals surface area contributed by atoms with Gasteiger partial charge >= 0.3 is 0 Å². The minimum Gasteiger partial charge on any atom is -0.382 e. The van der Waals surface area contributed by atoms with E-state index < -0.39 is 10.0 Å². The van der Waals surface area contributed by atoms with Gasteiger partial charge in [-0.3, -0.25) is 4.98 Å². The van der Waals surface area contributed by atoms with Gasteiger partial charge in [0, 0.05) is 25.5 Å². The highest BCUT2D eigenvalue weighted by atomic mass is 32.2. The number of hydrogen-bond donors (Lipinski definition) is 1. The lowest BCUT2D eigenvalue weighted by atomic mass is 9.94. The first kappa shape index (κ1) is 15.2. The molecule has 0 spiro atoms. The van der Waals surface area contributed by atoms with Crippen LogP contribution in [0.5, 0.6) is 0 Å². The molecule has 7 heteroatoms. The summed E-state index contributed by atoms with van der Waals surface area (Å²) in [4.78, 5) is 8.26. The topological polar surface area (TPSA) is 89.2 Å². The Hall–Kier alpha value is -1.21. The van der Waals surface area contributed by atoms with E-state index in [-0.39, 0.29) is 11.2 Å². The second-order valence-electron chi connectivity index (χ2n) is 5.55. The molecule has 0 saturated carbocycles. The van der Waals surface area contributed by atoms with E-state index in [2.05, 4.69) is 9.97 Å². The largest absolute Gasteiger partial charge is 0.382 e. The van der Waals surface area contributed by atoms with Crippen LogP contribution < -0.4 is 5.73 Å². The number of aromatic nitrogens is 2. The molecule has 1 atom stereocenters. The van der Waals surface area contributed by atoms with Crippen molar-refractivity contribution in [1.82, 2.24) is 14.3 Å². The summed E-state index contributed by atoms with van der Waals surface area (Å²) in [6.45, 7) is 4.61. The molecule has 1 aromatic rings. The van der Waals surface area contributed by atoms with Gasteiger partial charge in [-0.15, -0.1) is 0 Å². The summed E-state index contributed by atoms with van der Waals surface area (Å²) in [5, 5.41) is -0.372. The van der Waals surface area contributed by atoms with Gasteiger partial charge < -0.3 is 5.73 Å². The van der Waals surface area contributed by atoms with Gasteiger partial charge in [0.1, 0.15) is 5.82 Å². The second kappa shape index (κ2) is 6.05. The number of anilines is 1. The number of nitrogens with two attached hydrogens (primary N) is 1. The molecule has 0 aromatic carbocycles. The summed E-state index contributed by atoms with van der Waals surface area (Å²) in [6.07, 6.45) is 5.76. The number of sulfonamides is 1. The van der Waals surface area contributed by atoms with E-state index in [0.717, 1.165) is 18.5 Å². The Labute approximate surface area is 120 Å². The minimum atomic E-state index is -3.17. The maximum Gasteiger partial charge on any atom is 0.216 e. The first-order valence-corrected chi connectivity index (χ1v) is 8.46. The zero-order valence-electron chi connectivity index (χ0n) is 12.0. The molecule has 0 unspecified atom stereocenters. The van der Waals surface area contributed by atoms with Crippen LogP contribution in [0.25, 0.3) is 0 Å². The molecule has 1 saturated heterocycles. The van der Waals surface area contributed by atoms with Gasteiger partial charge in [0.15, 0.2) is 0 Å². The average Bonchev–Trinajstić information content (AvgIpc) is 2.41. The average molecular weight is 298 g/mol. The fraction of sp³-hybridized carbons (Fsp3) is 0.692. The van der Waals surface area contributed by atoms with Crippen molar-refractivity contribution >= 4 is 15.8 Å². The van der Waals surface area contributed by atoms with Gasteiger partial charge in [0.2, 0.25) is 10.0 Å². The first-order chi connectivity index (χ1) is 9.41.